The highest BCUT2D eigenvalue weighted by Gasteiger charge is 2.12. The van der Waals surface area contributed by atoms with Gasteiger partial charge < -0.3 is 21.3 Å². The van der Waals surface area contributed by atoms with Crippen LogP contribution in [0.1, 0.15) is 28.4 Å². The van der Waals surface area contributed by atoms with Crippen molar-refractivity contribution < 1.29 is 9.59 Å². The Bertz CT molecular complexity index is 1190. The van der Waals surface area contributed by atoms with Crippen LogP contribution >= 0.6 is 0 Å². The molecule has 3 rings (SSSR count). The fraction of sp³-hybridized carbons (Fsp3) is 0.240. The number of amides is 2. The van der Waals surface area contributed by atoms with Crippen molar-refractivity contribution in [1.29, 1.82) is 5.26 Å². The van der Waals surface area contributed by atoms with Crippen LogP contribution in [0, 0.1) is 18.3 Å². The lowest BCUT2D eigenvalue weighted by Gasteiger charge is -2.16. The van der Waals surface area contributed by atoms with E-state index in [1.807, 2.05) is 43.3 Å². The molecule has 9 nitrogen and oxygen atoms in total. The van der Waals surface area contributed by atoms with Gasteiger partial charge in [0, 0.05) is 49.8 Å². The Labute approximate surface area is 198 Å². The number of benzene rings is 2. The van der Waals surface area contributed by atoms with E-state index >= 15 is 0 Å². The van der Waals surface area contributed by atoms with Gasteiger partial charge >= 0.3 is 0 Å². The molecule has 4 N–H and O–H groups in total. The van der Waals surface area contributed by atoms with Gasteiger partial charge in [0.2, 0.25) is 5.91 Å². The summed E-state index contributed by atoms with van der Waals surface area (Å²) in [5, 5.41) is 21.1. The maximum atomic E-state index is 12.4. The summed E-state index contributed by atoms with van der Waals surface area (Å²) in [7, 11) is 0. The first-order valence-electron chi connectivity index (χ1n) is 10.9. The summed E-state index contributed by atoms with van der Waals surface area (Å²) in [6, 6.07) is 18.2. The highest BCUT2D eigenvalue weighted by molar-refractivity contribution is 5.94. The fourth-order valence-corrected chi connectivity index (χ4v) is 3.19. The zero-order chi connectivity index (χ0) is 24.3. The number of nitrogens with zero attached hydrogens (tertiary/aromatic N) is 3. The van der Waals surface area contributed by atoms with E-state index in [1.165, 1.54) is 6.92 Å². The van der Waals surface area contributed by atoms with Gasteiger partial charge in [-0.15, -0.1) is 0 Å². The highest BCUT2D eigenvalue weighted by Crippen LogP contribution is 2.24. The van der Waals surface area contributed by atoms with E-state index < -0.39 is 0 Å². The van der Waals surface area contributed by atoms with Crippen molar-refractivity contribution >= 4 is 23.5 Å². The Hall–Kier alpha value is -4.45. The molecule has 0 saturated heterocycles. The number of nitriles is 1. The second-order valence-corrected chi connectivity index (χ2v) is 7.52. The lowest BCUT2D eigenvalue weighted by atomic mass is 10.1. The fourth-order valence-electron chi connectivity index (χ4n) is 3.19. The van der Waals surface area contributed by atoms with Crippen LogP contribution in [0.5, 0.6) is 0 Å². The molecule has 0 spiro atoms. The van der Waals surface area contributed by atoms with Crippen LogP contribution < -0.4 is 21.3 Å². The Morgan fingerprint density at radius 2 is 1.53 bits per heavy atom. The topological polar surface area (TPSA) is 132 Å². The van der Waals surface area contributed by atoms with E-state index in [-0.39, 0.29) is 11.8 Å². The van der Waals surface area contributed by atoms with Crippen molar-refractivity contribution in [2.24, 2.45) is 0 Å². The Morgan fingerprint density at radius 3 is 2.15 bits per heavy atom. The van der Waals surface area contributed by atoms with Crippen molar-refractivity contribution in [3.8, 4) is 17.5 Å². The summed E-state index contributed by atoms with van der Waals surface area (Å²) in [6.07, 6.45) is 0. The van der Waals surface area contributed by atoms with E-state index in [9.17, 15) is 9.59 Å². The van der Waals surface area contributed by atoms with Crippen LogP contribution in [-0.2, 0) is 4.79 Å². The maximum Gasteiger partial charge on any atom is 0.251 e. The number of hydrogen-bond donors (Lipinski definition) is 4. The number of hydrogen-bond acceptors (Lipinski definition) is 7. The van der Waals surface area contributed by atoms with E-state index in [0.29, 0.717) is 54.8 Å². The van der Waals surface area contributed by atoms with Gasteiger partial charge in [-0.1, -0.05) is 36.4 Å². The van der Waals surface area contributed by atoms with Gasteiger partial charge in [-0.3, -0.25) is 9.59 Å². The molecule has 0 unspecified atom stereocenters. The molecule has 34 heavy (non-hydrogen) atoms. The summed E-state index contributed by atoms with van der Waals surface area (Å²) in [5.74, 6) is 1.54. The molecule has 0 saturated carbocycles. The van der Waals surface area contributed by atoms with E-state index in [4.69, 9.17) is 5.26 Å². The third-order valence-electron chi connectivity index (χ3n) is 4.93. The lowest BCUT2D eigenvalue weighted by Crippen LogP contribution is -2.29. The molecule has 0 aliphatic rings. The molecule has 0 radical (unpaired) electrons. The zero-order valence-electron chi connectivity index (χ0n) is 19.2. The normalized spacial score (nSPS) is 10.1. The number of nitrogens with one attached hydrogen (secondary N) is 4. The average molecular weight is 458 g/mol. The lowest BCUT2D eigenvalue weighted by molar-refractivity contribution is -0.118. The molecule has 2 amide bonds. The van der Waals surface area contributed by atoms with Crippen molar-refractivity contribution in [2.45, 2.75) is 13.8 Å². The van der Waals surface area contributed by atoms with Crippen molar-refractivity contribution in [3.05, 3.63) is 71.3 Å². The minimum Gasteiger partial charge on any atom is -0.368 e. The van der Waals surface area contributed by atoms with Gasteiger partial charge in [-0.05, 0) is 25.1 Å². The minimum atomic E-state index is -0.247. The van der Waals surface area contributed by atoms with Gasteiger partial charge in [0.05, 0.1) is 11.6 Å². The molecular formula is C25H27N7O2. The molecule has 0 fully saturated rings. The number of aromatic nitrogens is 2. The van der Waals surface area contributed by atoms with Gasteiger partial charge in [0.25, 0.3) is 5.91 Å². The Balaban J connectivity index is 1.68. The molecule has 0 aliphatic carbocycles. The van der Waals surface area contributed by atoms with Crippen molar-refractivity contribution in [2.75, 3.05) is 36.8 Å². The van der Waals surface area contributed by atoms with Crippen LogP contribution in [0.3, 0.4) is 0 Å². The largest absolute Gasteiger partial charge is 0.368 e. The van der Waals surface area contributed by atoms with Crippen molar-refractivity contribution in [3.63, 3.8) is 0 Å². The van der Waals surface area contributed by atoms with E-state index in [0.717, 1.165) is 11.1 Å². The average Bonchev–Trinajstić information content (AvgIpc) is 2.86. The molecule has 0 aliphatic heterocycles. The first-order chi connectivity index (χ1) is 16.5. The molecule has 1 aromatic heterocycles. The van der Waals surface area contributed by atoms with Gasteiger partial charge in [0.15, 0.2) is 5.82 Å². The Morgan fingerprint density at radius 1 is 0.882 bits per heavy atom. The Kier molecular flexibility index (Phi) is 8.52. The predicted molar refractivity (Wildman–Crippen MR) is 131 cm³/mol. The maximum absolute atomic E-state index is 12.4. The summed E-state index contributed by atoms with van der Waals surface area (Å²) < 4.78 is 0. The molecule has 1 heterocycles. The number of carbonyl (C=O) groups is 2. The van der Waals surface area contributed by atoms with Gasteiger partial charge in [0.1, 0.15) is 11.6 Å². The van der Waals surface area contributed by atoms with Gasteiger partial charge in [-0.2, -0.15) is 5.26 Å². The molecular weight excluding hydrogens is 430 g/mol. The molecule has 9 heteroatoms. The SMILES string of the molecule is CC(=O)NCCNc1nc(-c2ccccc2)nc(NCCNC(=O)c2cccc(C#N)c2)c1C. The molecule has 2 aromatic carbocycles. The van der Waals surface area contributed by atoms with Crippen LogP contribution in [0.15, 0.2) is 54.6 Å². The zero-order valence-corrected chi connectivity index (χ0v) is 19.2. The van der Waals surface area contributed by atoms with Crippen LogP contribution in [0.25, 0.3) is 11.4 Å². The number of rotatable bonds is 10. The van der Waals surface area contributed by atoms with Crippen LogP contribution in [-0.4, -0.2) is 48.0 Å². The first-order valence-corrected chi connectivity index (χ1v) is 10.9. The number of anilines is 2. The monoisotopic (exact) mass is 457 g/mol. The summed E-state index contributed by atoms with van der Waals surface area (Å²) in [4.78, 5) is 32.8. The second kappa shape index (κ2) is 12.0. The third kappa shape index (κ3) is 6.77. The van der Waals surface area contributed by atoms with E-state index in [2.05, 4.69) is 31.2 Å². The summed E-state index contributed by atoms with van der Waals surface area (Å²) in [5.41, 5.74) is 2.58. The van der Waals surface area contributed by atoms with Crippen molar-refractivity contribution in [1.82, 2.24) is 20.6 Å². The third-order valence-corrected chi connectivity index (χ3v) is 4.93. The molecule has 0 bridgehead atoms. The highest BCUT2D eigenvalue weighted by atomic mass is 16.2. The standard InChI is InChI=1S/C25H27N7O2/c1-17-22(28-12-11-27-18(2)33)31-24(20-8-4-3-5-9-20)32-23(17)29-13-14-30-25(34)21-10-6-7-19(15-21)16-26/h3-10,15H,11-14H2,1-2H3,(H,27,33)(H,30,34)(H2,28,29,31,32). The smallest absolute Gasteiger partial charge is 0.251 e. The van der Waals surface area contributed by atoms with Gasteiger partial charge in [-0.25, -0.2) is 9.97 Å². The molecule has 174 valence electrons. The van der Waals surface area contributed by atoms with E-state index in [1.54, 1.807) is 24.3 Å². The molecule has 3 aromatic rings. The predicted octanol–water partition coefficient (Wildman–Crippen LogP) is 2.71. The van der Waals surface area contributed by atoms with Crippen LogP contribution in [0.4, 0.5) is 11.6 Å². The van der Waals surface area contributed by atoms with Crippen LogP contribution in [0.2, 0.25) is 0 Å². The quantitative estimate of drug-likeness (QED) is 0.344. The summed E-state index contributed by atoms with van der Waals surface area (Å²) in [6.45, 7) is 5.19. The summed E-state index contributed by atoms with van der Waals surface area (Å²) >= 11 is 0. The minimum absolute atomic E-state index is 0.0880. The second-order valence-electron chi connectivity index (χ2n) is 7.52. The first kappa shape index (κ1) is 24.2. The number of carbonyl (C=O) groups excluding carboxylic acids is 2. The molecule has 0 atom stereocenters.